The lowest BCUT2D eigenvalue weighted by Crippen LogP contribution is -2.22. The molecule has 0 aliphatic heterocycles. The van der Waals surface area contributed by atoms with E-state index in [0.29, 0.717) is 5.75 Å². The van der Waals surface area contributed by atoms with Gasteiger partial charge < -0.3 is 10.8 Å². The van der Waals surface area contributed by atoms with Gasteiger partial charge in [0, 0.05) is 5.54 Å². The van der Waals surface area contributed by atoms with E-state index in [1.165, 1.54) is 5.56 Å². The molecule has 1 aromatic rings. The molecule has 2 nitrogen and oxygen atoms in total. The van der Waals surface area contributed by atoms with Crippen molar-refractivity contribution >= 4 is 15.9 Å². The van der Waals surface area contributed by atoms with E-state index >= 15 is 0 Å². The van der Waals surface area contributed by atoms with Crippen LogP contribution in [0.1, 0.15) is 36.0 Å². The van der Waals surface area contributed by atoms with Gasteiger partial charge in [0.15, 0.2) is 0 Å². The van der Waals surface area contributed by atoms with Crippen LogP contribution in [0.2, 0.25) is 0 Å². The van der Waals surface area contributed by atoms with E-state index in [1.807, 2.05) is 6.92 Å². The zero-order valence-electron chi connectivity index (χ0n) is 9.81. The summed E-state index contributed by atoms with van der Waals surface area (Å²) >= 11 is 3.44. The Labute approximate surface area is 105 Å². The first-order valence-electron chi connectivity index (χ1n) is 5.69. The average Bonchev–Trinajstić information content (AvgIpc) is 2.98. The number of aryl methyl sites for hydroxylation is 2. The molecule has 3 heteroatoms. The molecule has 1 saturated carbocycles. The van der Waals surface area contributed by atoms with Gasteiger partial charge in [-0.05, 0) is 72.2 Å². The fourth-order valence-corrected chi connectivity index (χ4v) is 2.48. The number of phenols is 1. The van der Waals surface area contributed by atoms with E-state index < -0.39 is 0 Å². The highest BCUT2D eigenvalue weighted by Crippen LogP contribution is 2.39. The molecule has 0 aromatic heterocycles. The summed E-state index contributed by atoms with van der Waals surface area (Å²) in [7, 11) is 0. The van der Waals surface area contributed by atoms with Crippen LogP contribution in [0.25, 0.3) is 0 Å². The smallest absolute Gasteiger partial charge is 0.133 e. The topological polar surface area (TPSA) is 46.2 Å². The third kappa shape index (κ3) is 2.25. The molecule has 0 atom stereocenters. The number of nitrogens with two attached hydrogens (primary N) is 1. The number of rotatable bonds is 3. The lowest BCUT2D eigenvalue weighted by molar-refractivity contribution is 0.460. The molecule has 0 radical (unpaired) electrons. The van der Waals surface area contributed by atoms with Crippen LogP contribution in [-0.2, 0) is 6.42 Å². The second kappa shape index (κ2) is 4.04. The van der Waals surface area contributed by atoms with Crippen LogP contribution in [0.4, 0.5) is 0 Å². The Morgan fingerprint density at radius 1 is 1.44 bits per heavy atom. The van der Waals surface area contributed by atoms with Crippen LogP contribution in [0, 0.1) is 13.8 Å². The second-order valence-electron chi connectivity index (χ2n) is 5.00. The van der Waals surface area contributed by atoms with Crippen LogP contribution >= 0.6 is 15.9 Å². The Bertz CT molecular complexity index is 424. The number of benzene rings is 1. The first-order chi connectivity index (χ1) is 7.43. The second-order valence-corrected chi connectivity index (χ2v) is 5.80. The van der Waals surface area contributed by atoms with E-state index in [4.69, 9.17) is 5.73 Å². The van der Waals surface area contributed by atoms with Crippen molar-refractivity contribution in [3.63, 3.8) is 0 Å². The Hall–Kier alpha value is -0.540. The third-order valence-electron chi connectivity index (χ3n) is 3.61. The molecule has 2 rings (SSSR count). The SMILES string of the molecule is Cc1cc(CCC2(N)CC2)c(O)c(Br)c1C. The zero-order valence-corrected chi connectivity index (χ0v) is 11.4. The molecule has 1 aromatic carbocycles. The molecule has 0 saturated heterocycles. The molecule has 88 valence electrons. The van der Waals surface area contributed by atoms with E-state index in [0.717, 1.165) is 41.3 Å². The standard InChI is InChI=1S/C13H18BrNO/c1-8-7-10(3-4-13(15)5-6-13)12(16)11(14)9(8)2/h7,16H,3-6,15H2,1-2H3. The molecule has 0 heterocycles. The predicted octanol–water partition coefficient (Wildman–Crippen LogP) is 3.20. The predicted molar refractivity (Wildman–Crippen MR) is 69.8 cm³/mol. The minimum absolute atomic E-state index is 0.0533. The van der Waals surface area contributed by atoms with E-state index in [1.54, 1.807) is 0 Å². The Balaban J connectivity index is 2.20. The van der Waals surface area contributed by atoms with Crippen molar-refractivity contribution in [3.05, 3.63) is 27.2 Å². The summed E-state index contributed by atoms with van der Waals surface area (Å²) in [6.07, 6.45) is 4.08. The van der Waals surface area contributed by atoms with Gasteiger partial charge in [0.05, 0.1) is 4.47 Å². The molecule has 1 aliphatic carbocycles. The number of hydrogen-bond acceptors (Lipinski definition) is 2. The number of halogens is 1. The molecule has 0 unspecified atom stereocenters. The maximum atomic E-state index is 10.0. The monoisotopic (exact) mass is 283 g/mol. The Morgan fingerprint density at radius 3 is 2.62 bits per heavy atom. The van der Waals surface area contributed by atoms with Gasteiger partial charge in [0.1, 0.15) is 5.75 Å². The summed E-state index contributed by atoms with van der Waals surface area (Å²) in [5.41, 5.74) is 9.43. The van der Waals surface area contributed by atoms with Crippen LogP contribution in [-0.4, -0.2) is 10.6 Å². The highest BCUT2D eigenvalue weighted by Gasteiger charge is 2.37. The number of hydrogen-bond donors (Lipinski definition) is 2. The minimum atomic E-state index is 0.0533. The Kier molecular flexibility index (Phi) is 3.01. The molecule has 3 N–H and O–H groups in total. The molecule has 0 amide bonds. The van der Waals surface area contributed by atoms with Crippen molar-refractivity contribution in [1.29, 1.82) is 0 Å². The van der Waals surface area contributed by atoms with Crippen molar-refractivity contribution in [2.45, 2.75) is 45.1 Å². The summed E-state index contributed by atoms with van der Waals surface area (Å²) in [5, 5.41) is 10.0. The van der Waals surface area contributed by atoms with Gasteiger partial charge in [0.25, 0.3) is 0 Å². The molecule has 16 heavy (non-hydrogen) atoms. The first kappa shape index (κ1) is 11.9. The van der Waals surface area contributed by atoms with Gasteiger partial charge in [-0.15, -0.1) is 0 Å². The van der Waals surface area contributed by atoms with E-state index in [-0.39, 0.29) is 5.54 Å². The maximum Gasteiger partial charge on any atom is 0.133 e. The largest absolute Gasteiger partial charge is 0.506 e. The summed E-state index contributed by atoms with van der Waals surface area (Å²) < 4.78 is 0.823. The first-order valence-corrected chi connectivity index (χ1v) is 6.49. The summed E-state index contributed by atoms with van der Waals surface area (Å²) in [6.45, 7) is 4.08. The van der Waals surface area contributed by atoms with Crippen molar-refractivity contribution in [2.75, 3.05) is 0 Å². The molecule has 1 aliphatic rings. The van der Waals surface area contributed by atoms with Gasteiger partial charge in [-0.2, -0.15) is 0 Å². The average molecular weight is 284 g/mol. The fourth-order valence-electron chi connectivity index (χ4n) is 1.91. The number of aromatic hydroxyl groups is 1. The van der Waals surface area contributed by atoms with Crippen LogP contribution in [0.15, 0.2) is 10.5 Å². The van der Waals surface area contributed by atoms with Gasteiger partial charge in [0.2, 0.25) is 0 Å². The lowest BCUT2D eigenvalue weighted by atomic mass is 9.99. The summed E-state index contributed by atoms with van der Waals surface area (Å²) in [6, 6.07) is 2.07. The lowest BCUT2D eigenvalue weighted by Gasteiger charge is -2.13. The third-order valence-corrected chi connectivity index (χ3v) is 4.58. The summed E-state index contributed by atoms with van der Waals surface area (Å²) in [5.74, 6) is 0.382. The van der Waals surface area contributed by atoms with Gasteiger partial charge in [-0.1, -0.05) is 6.07 Å². The van der Waals surface area contributed by atoms with Crippen molar-refractivity contribution in [3.8, 4) is 5.75 Å². The van der Waals surface area contributed by atoms with Gasteiger partial charge >= 0.3 is 0 Å². The number of phenolic OH excluding ortho intramolecular Hbond substituents is 1. The zero-order chi connectivity index (χ0) is 11.9. The van der Waals surface area contributed by atoms with Gasteiger partial charge in [-0.25, -0.2) is 0 Å². The van der Waals surface area contributed by atoms with Crippen molar-refractivity contribution in [2.24, 2.45) is 5.73 Å². The molecule has 0 bridgehead atoms. The minimum Gasteiger partial charge on any atom is -0.506 e. The van der Waals surface area contributed by atoms with Crippen LogP contribution in [0.3, 0.4) is 0 Å². The summed E-state index contributed by atoms with van der Waals surface area (Å²) in [4.78, 5) is 0. The fraction of sp³-hybridized carbons (Fsp3) is 0.538. The molecular weight excluding hydrogens is 266 g/mol. The Morgan fingerprint density at radius 2 is 2.06 bits per heavy atom. The molecule has 1 fully saturated rings. The highest BCUT2D eigenvalue weighted by molar-refractivity contribution is 9.10. The van der Waals surface area contributed by atoms with Crippen molar-refractivity contribution in [1.82, 2.24) is 0 Å². The normalized spacial score (nSPS) is 17.5. The van der Waals surface area contributed by atoms with Crippen LogP contribution < -0.4 is 5.73 Å². The molecular formula is C13H18BrNO. The highest BCUT2D eigenvalue weighted by atomic mass is 79.9. The van der Waals surface area contributed by atoms with E-state index in [2.05, 4.69) is 28.9 Å². The van der Waals surface area contributed by atoms with Crippen molar-refractivity contribution < 1.29 is 5.11 Å². The van der Waals surface area contributed by atoms with E-state index in [9.17, 15) is 5.11 Å². The van der Waals surface area contributed by atoms with Gasteiger partial charge in [-0.3, -0.25) is 0 Å². The molecule has 0 spiro atoms. The maximum absolute atomic E-state index is 10.0. The quantitative estimate of drug-likeness (QED) is 0.895. The van der Waals surface area contributed by atoms with Crippen LogP contribution in [0.5, 0.6) is 5.75 Å².